The van der Waals surface area contributed by atoms with Crippen LogP contribution >= 0.6 is 8.58 Å². The zero-order valence-corrected chi connectivity index (χ0v) is 12.0. The summed E-state index contributed by atoms with van der Waals surface area (Å²) in [6.07, 6.45) is 2.45. The van der Waals surface area contributed by atoms with Gasteiger partial charge in [-0.2, -0.15) is 0 Å². The number of hydrogen-bond acceptors (Lipinski definition) is 1. The summed E-state index contributed by atoms with van der Waals surface area (Å²) in [5.41, 5.74) is 0. The molecular formula is C10H12KOP. The predicted octanol–water partition coefficient (Wildman–Crippen LogP) is -0.601. The van der Waals surface area contributed by atoms with Crippen molar-refractivity contribution in [3.05, 3.63) is 30.3 Å². The molecule has 0 bridgehead atoms. The summed E-state index contributed by atoms with van der Waals surface area (Å²) in [6.45, 7) is 0.949. The van der Waals surface area contributed by atoms with Crippen molar-refractivity contribution in [3.63, 3.8) is 0 Å². The first-order valence-electron chi connectivity index (χ1n) is 4.33. The third-order valence-corrected chi connectivity index (χ3v) is 3.25. The van der Waals surface area contributed by atoms with Crippen LogP contribution in [0.1, 0.15) is 12.8 Å². The van der Waals surface area contributed by atoms with Crippen LogP contribution in [0, 0.1) is 0 Å². The zero-order chi connectivity index (χ0) is 8.23. The zero-order valence-electron chi connectivity index (χ0n) is 7.94. The first-order valence-corrected chi connectivity index (χ1v) is 5.29. The maximum absolute atomic E-state index is 5.54. The van der Waals surface area contributed by atoms with Gasteiger partial charge in [0.15, 0.2) is 0 Å². The molecule has 1 aromatic rings. The number of ether oxygens (including phenoxy) is 1. The molecule has 1 aromatic carbocycles. The molecule has 0 aromatic heterocycles. The summed E-state index contributed by atoms with van der Waals surface area (Å²) >= 11 is 0. The molecule has 64 valence electrons. The van der Waals surface area contributed by atoms with E-state index in [0.717, 1.165) is 6.61 Å². The van der Waals surface area contributed by atoms with Crippen LogP contribution in [0.4, 0.5) is 0 Å². The Bertz CT molecular complexity index is 234. The van der Waals surface area contributed by atoms with Crippen molar-refractivity contribution in [2.75, 3.05) is 6.61 Å². The van der Waals surface area contributed by atoms with E-state index in [-0.39, 0.29) is 51.4 Å². The van der Waals surface area contributed by atoms with Crippen LogP contribution in [0.3, 0.4) is 0 Å². The van der Waals surface area contributed by atoms with Crippen molar-refractivity contribution < 1.29 is 56.1 Å². The molecule has 1 atom stereocenters. The largest absolute Gasteiger partial charge is 1.00 e. The fraction of sp³-hybridized carbons (Fsp3) is 0.400. The van der Waals surface area contributed by atoms with Crippen LogP contribution in [0.25, 0.3) is 0 Å². The van der Waals surface area contributed by atoms with Crippen LogP contribution in [0.15, 0.2) is 30.3 Å². The minimum atomic E-state index is 0. The van der Waals surface area contributed by atoms with Gasteiger partial charge < -0.3 is 13.3 Å². The maximum atomic E-state index is 5.54. The summed E-state index contributed by atoms with van der Waals surface area (Å²) in [6, 6.07) is 10.5. The van der Waals surface area contributed by atoms with Crippen molar-refractivity contribution in [3.8, 4) is 0 Å². The summed E-state index contributed by atoms with van der Waals surface area (Å²) in [5.74, 6) is 0.451. The molecule has 1 aliphatic rings. The second kappa shape index (κ2) is 6.68. The predicted molar refractivity (Wildman–Crippen MR) is 52.0 cm³/mol. The van der Waals surface area contributed by atoms with Gasteiger partial charge >= 0.3 is 51.4 Å². The molecule has 2 rings (SSSR count). The minimum Gasteiger partial charge on any atom is -0.474 e. The third kappa shape index (κ3) is 4.09. The molecule has 1 unspecified atom stereocenters. The molecule has 0 amide bonds. The van der Waals surface area contributed by atoms with Crippen molar-refractivity contribution in [1.29, 1.82) is 0 Å². The Morgan fingerprint density at radius 1 is 1.23 bits per heavy atom. The summed E-state index contributed by atoms with van der Waals surface area (Å²) in [7, 11) is 1.33. The quantitative estimate of drug-likeness (QED) is 0.476. The molecule has 1 heterocycles. The van der Waals surface area contributed by atoms with Gasteiger partial charge in [0.05, 0.1) is 0 Å². The van der Waals surface area contributed by atoms with Crippen LogP contribution in [-0.2, 0) is 4.74 Å². The van der Waals surface area contributed by atoms with Gasteiger partial charge in [-0.1, -0.05) is 42.6 Å². The van der Waals surface area contributed by atoms with Crippen molar-refractivity contribution in [2.45, 2.75) is 18.7 Å². The average Bonchev–Trinajstić information content (AvgIpc) is 2.59. The number of rotatable bonds is 2. The van der Waals surface area contributed by atoms with E-state index in [4.69, 9.17) is 4.74 Å². The van der Waals surface area contributed by atoms with E-state index in [1.54, 1.807) is 0 Å². The molecule has 0 N–H and O–H groups in total. The molecule has 0 spiro atoms. The Morgan fingerprint density at radius 3 is 2.62 bits per heavy atom. The van der Waals surface area contributed by atoms with Crippen molar-refractivity contribution in [1.82, 2.24) is 0 Å². The smallest absolute Gasteiger partial charge is 0.474 e. The van der Waals surface area contributed by atoms with Gasteiger partial charge in [-0.15, -0.1) is 0 Å². The van der Waals surface area contributed by atoms with E-state index in [1.807, 2.05) is 0 Å². The second-order valence-corrected chi connectivity index (χ2v) is 4.28. The Hall–Kier alpha value is 1.25. The van der Waals surface area contributed by atoms with Crippen molar-refractivity contribution >= 4 is 13.9 Å². The fourth-order valence-corrected chi connectivity index (χ4v) is 2.51. The Kier molecular flexibility index (Phi) is 6.33. The van der Waals surface area contributed by atoms with Gasteiger partial charge in [-0.3, -0.25) is 0 Å². The van der Waals surface area contributed by atoms with Gasteiger partial charge in [-0.05, 0) is 6.42 Å². The minimum absolute atomic E-state index is 0. The van der Waals surface area contributed by atoms with E-state index >= 15 is 0 Å². The summed E-state index contributed by atoms with van der Waals surface area (Å²) in [4.78, 5) is 0. The van der Waals surface area contributed by atoms with Gasteiger partial charge in [0.25, 0.3) is 0 Å². The number of hydrogen-bond donors (Lipinski definition) is 0. The van der Waals surface area contributed by atoms with Crippen LogP contribution < -0.4 is 56.7 Å². The molecule has 1 saturated heterocycles. The maximum Gasteiger partial charge on any atom is 1.00 e. The van der Waals surface area contributed by atoms with Gasteiger partial charge in [0, 0.05) is 6.61 Å². The van der Waals surface area contributed by atoms with Crippen molar-refractivity contribution in [2.24, 2.45) is 0 Å². The topological polar surface area (TPSA) is 9.23 Å². The Morgan fingerprint density at radius 2 is 2.00 bits per heavy atom. The van der Waals surface area contributed by atoms with Crippen LogP contribution in [0.2, 0.25) is 0 Å². The molecule has 1 nitrogen and oxygen atoms in total. The Balaban J connectivity index is 0.000000845. The first-order chi connectivity index (χ1) is 5.95. The Labute approximate surface area is 124 Å². The normalized spacial score (nSPS) is 22.0. The molecule has 0 aliphatic carbocycles. The van der Waals surface area contributed by atoms with Gasteiger partial charge in [0.2, 0.25) is 0 Å². The second-order valence-electron chi connectivity index (χ2n) is 2.93. The molecular weight excluding hydrogens is 206 g/mol. The summed E-state index contributed by atoms with van der Waals surface area (Å²) < 4.78 is 5.54. The first kappa shape index (κ1) is 12.3. The van der Waals surface area contributed by atoms with E-state index < -0.39 is 0 Å². The van der Waals surface area contributed by atoms with E-state index in [9.17, 15) is 0 Å². The fourth-order valence-electron chi connectivity index (χ4n) is 1.34. The van der Waals surface area contributed by atoms with E-state index in [0.29, 0.717) is 5.85 Å². The SMILES string of the molecule is [K+].c1ccc([P-]C2CCCO2)cc1. The van der Waals surface area contributed by atoms with Crippen LogP contribution in [0.5, 0.6) is 0 Å². The van der Waals surface area contributed by atoms with Gasteiger partial charge in [0.1, 0.15) is 0 Å². The molecule has 0 radical (unpaired) electrons. The number of benzene rings is 1. The molecule has 0 saturated carbocycles. The summed E-state index contributed by atoms with van der Waals surface area (Å²) in [5, 5.41) is 1.37. The van der Waals surface area contributed by atoms with E-state index in [1.165, 1.54) is 26.7 Å². The molecule has 1 aliphatic heterocycles. The molecule has 13 heavy (non-hydrogen) atoms. The van der Waals surface area contributed by atoms with E-state index in [2.05, 4.69) is 30.3 Å². The third-order valence-electron chi connectivity index (χ3n) is 1.95. The van der Waals surface area contributed by atoms with Crippen LogP contribution in [-0.4, -0.2) is 12.5 Å². The average molecular weight is 218 g/mol. The molecule has 1 fully saturated rings. The standard InChI is InChI=1S/C10H12OP.K/c1-2-5-9(6-3-1)12-10-7-4-8-11-10;/h1-3,5-6,10H,4,7-8H2;/q-1;+1. The van der Waals surface area contributed by atoms with Gasteiger partial charge in [-0.25, -0.2) is 5.30 Å². The molecule has 3 heteroatoms. The monoisotopic (exact) mass is 218 g/mol.